The van der Waals surface area contributed by atoms with E-state index in [0.717, 1.165) is 17.0 Å². The Kier molecular flexibility index (Phi) is 4.34. The fourth-order valence-corrected chi connectivity index (χ4v) is 3.72. The van der Waals surface area contributed by atoms with Crippen LogP contribution in [-0.2, 0) is 0 Å². The Morgan fingerprint density at radius 3 is 2.83 bits per heavy atom. The highest BCUT2D eigenvalue weighted by atomic mass is 32.2. The van der Waals surface area contributed by atoms with Crippen LogP contribution in [0.25, 0.3) is 0 Å². The van der Waals surface area contributed by atoms with E-state index in [4.69, 9.17) is 0 Å². The molecular weight excluding hydrogens is 312 g/mol. The van der Waals surface area contributed by atoms with Gasteiger partial charge in [-0.05, 0) is 24.6 Å². The molecule has 0 aromatic heterocycles. The minimum Gasteiger partial charge on any atom is -0.307 e. The van der Waals surface area contributed by atoms with Gasteiger partial charge in [0.05, 0.1) is 10.6 Å². The molecule has 0 unspecified atom stereocenters. The topological polar surface area (TPSA) is 63.5 Å². The first-order valence-corrected chi connectivity index (χ1v) is 8.26. The molecule has 0 spiro atoms. The van der Waals surface area contributed by atoms with Gasteiger partial charge in [0.1, 0.15) is 0 Å². The lowest BCUT2D eigenvalue weighted by Gasteiger charge is -2.22. The van der Waals surface area contributed by atoms with Crippen LogP contribution in [0.3, 0.4) is 0 Å². The molecule has 0 aliphatic carbocycles. The molecule has 1 aliphatic rings. The molecule has 5 nitrogen and oxygen atoms in total. The Labute approximate surface area is 138 Å². The number of rotatable bonds is 2. The van der Waals surface area contributed by atoms with E-state index in [9.17, 15) is 14.9 Å². The third-order valence-electron chi connectivity index (χ3n) is 3.79. The number of nitro benzene ring substituents is 1. The summed E-state index contributed by atoms with van der Waals surface area (Å²) < 4.78 is 0. The van der Waals surface area contributed by atoms with Gasteiger partial charge in [0, 0.05) is 34.4 Å². The first kappa shape index (κ1) is 15.6. The zero-order valence-electron chi connectivity index (χ0n) is 12.6. The molecule has 0 saturated carbocycles. The standard InChI is InChI=1S/C17H16N2O3S/c1-12-9-10-18(15-7-2-3-8-16(15)23-12)17(20)13-5-4-6-14(11-13)19(21)22/h2-8,11-12H,9-10H2,1H3/t12-/m1/s1. The molecule has 1 aliphatic heterocycles. The molecule has 6 heteroatoms. The number of hydrogen-bond donors (Lipinski definition) is 0. The summed E-state index contributed by atoms with van der Waals surface area (Å²) in [6.07, 6.45) is 0.875. The van der Waals surface area contributed by atoms with Crippen molar-refractivity contribution in [1.82, 2.24) is 0 Å². The fourth-order valence-electron chi connectivity index (χ4n) is 2.61. The molecule has 0 bridgehead atoms. The van der Waals surface area contributed by atoms with Crippen LogP contribution in [0.4, 0.5) is 11.4 Å². The van der Waals surface area contributed by atoms with Crippen molar-refractivity contribution in [1.29, 1.82) is 0 Å². The summed E-state index contributed by atoms with van der Waals surface area (Å²) in [7, 11) is 0. The maximum absolute atomic E-state index is 12.9. The van der Waals surface area contributed by atoms with Gasteiger partial charge in [-0.25, -0.2) is 0 Å². The maximum Gasteiger partial charge on any atom is 0.270 e. The fraction of sp³-hybridized carbons (Fsp3) is 0.235. The molecule has 2 aromatic carbocycles. The predicted molar refractivity (Wildman–Crippen MR) is 91.2 cm³/mol. The van der Waals surface area contributed by atoms with Gasteiger partial charge in [0.2, 0.25) is 0 Å². The minimum atomic E-state index is -0.481. The Balaban J connectivity index is 1.99. The van der Waals surface area contributed by atoms with Crippen LogP contribution >= 0.6 is 11.8 Å². The lowest BCUT2D eigenvalue weighted by molar-refractivity contribution is -0.384. The third-order valence-corrected chi connectivity index (χ3v) is 5.03. The van der Waals surface area contributed by atoms with Crippen molar-refractivity contribution in [3.05, 3.63) is 64.2 Å². The average molecular weight is 328 g/mol. The van der Waals surface area contributed by atoms with E-state index in [1.165, 1.54) is 12.1 Å². The summed E-state index contributed by atoms with van der Waals surface area (Å²) in [4.78, 5) is 26.1. The van der Waals surface area contributed by atoms with Crippen LogP contribution in [0.1, 0.15) is 23.7 Å². The number of thioether (sulfide) groups is 1. The van der Waals surface area contributed by atoms with Gasteiger partial charge in [0.15, 0.2) is 0 Å². The molecule has 0 fully saturated rings. The molecule has 23 heavy (non-hydrogen) atoms. The normalized spacial score (nSPS) is 17.3. The molecule has 1 heterocycles. The number of hydrogen-bond acceptors (Lipinski definition) is 4. The van der Waals surface area contributed by atoms with Crippen molar-refractivity contribution in [3.63, 3.8) is 0 Å². The number of fused-ring (bicyclic) bond motifs is 1. The van der Waals surface area contributed by atoms with Crippen molar-refractivity contribution in [2.45, 2.75) is 23.5 Å². The van der Waals surface area contributed by atoms with Gasteiger partial charge in [-0.3, -0.25) is 14.9 Å². The second-order valence-corrected chi connectivity index (χ2v) is 6.93. The number of anilines is 1. The van der Waals surface area contributed by atoms with Gasteiger partial charge in [-0.15, -0.1) is 11.8 Å². The van der Waals surface area contributed by atoms with Crippen molar-refractivity contribution < 1.29 is 9.72 Å². The third kappa shape index (κ3) is 3.22. The van der Waals surface area contributed by atoms with Crippen LogP contribution in [0.2, 0.25) is 0 Å². The Bertz CT molecular complexity index is 763. The molecule has 3 rings (SSSR count). The van der Waals surface area contributed by atoms with Gasteiger partial charge in [-0.2, -0.15) is 0 Å². The van der Waals surface area contributed by atoms with Gasteiger partial charge in [-0.1, -0.05) is 25.1 Å². The lowest BCUT2D eigenvalue weighted by atomic mass is 10.1. The van der Waals surface area contributed by atoms with E-state index in [1.54, 1.807) is 28.8 Å². The number of para-hydroxylation sites is 1. The van der Waals surface area contributed by atoms with Crippen molar-refractivity contribution in [3.8, 4) is 0 Å². The number of carbonyl (C=O) groups excluding carboxylic acids is 1. The molecule has 0 N–H and O–H groups in total. The highest BCUT2D eigenvalue weighted by Gasteiger charge is 2.25. The Hall–Kier alpha value is -2.34. The second kappa shape index (κ2) is 6.42. The van der Waals surface area contributed by atoms with E-state index < -0.39 is 4.92 Å². The number of nitrogens with zero attached hydrogens (tertiary/aromatic N) is 2. The maximum atomic E-state index is 12.9. The van der Waals surface area contributed by atoms with Gasteiger partial charge < -0.3 is 4.90 Å². The SMILES string of the molecule is C[C@@H]1CCN(C(=O)c2cccc([N+](=O)[O-])c2)c2ccccc2S1. The second-order valence-electron chi connectivity index (χ2n) is 5.45. The van der Waals surface area contributed by atoms with Crippen LogP contribution in [0, 0.1) is 10.1 Å². The van der Waals surface area contributed by atoms with E-state index in [1.807, 2.05) is 24.3 Å². The Morgan fingerprint density at radius 2 is 2.04 bits per heavy atom. The molecule has 2 aromatic rings. The summed E-state index contributed by atoms with van der Waals surface area (Å²) in [6, 6.07) is 13.7. The summed E-state index contributed by atoms with van der Waals surface area (Å²) >= 11 is 1.75. The van der Waals surface area contributed by atoms with Gasteiger partial charge in [0.25, 0.3) is 11.6 Å². The number of amides is 1. The smallest absolute Gasteiger partial charge is 0.270 e. The van der Waals surface area contributed by atoms with Crippen LogP contribution in [0.5, 0.6) is 0 Å². The van der Waals surface area contributed by atoms with Crippen LogP contribution < -0.4 is 4.90 Å². The van der Waals surface area contributed by atoms with Crippen molar-refractivity contribution in [2.24, 2.45) is 0 Å². The summed E-state index contributed by atoms with van der Waals surface area (Å²) in [5, 5.41) is 11.3. The van der Waals surface area contributed by atoms with Gasteiger partial charge >= 0.3 is 0 Å². The van der Waals surface area contributed by atoms with E-state index >= 15 is 0 Å². The Morgan fingerprint density at radius 1 is 1.26 bits per heavy atom. The molecule has 1 atom stereocenters. The molecule has 0 radical (unpaired) electrons. The summed E-state index contributed by atoms with van der Waals surface area (Å²) in [6.45, 7) is 2.75. The van der Waals surface area contributed by atoms with Crippen LogP contribution in [-0.4, -0.2) is 22.6 Å². The highest BCUT2D eigenvalue weighted by Crippen LogP contribution is 2.37. The van der Waals surface area contributed by atoms with Crippen molar-refractivity contribution >= 4 is 29.0 Å². The number of non-ortho nitro benzene ring substituents is 1. The van der Waals surface area contributed by atoms with Crippen LogP contribution in [0.15, 0.2) is 53.4 Å². The largest absolute Gasteiger partial charge is 0.307 e. The van der Waals surface area contributed by atoms with E-state index in [-0.39, 0.29) is 11.6 Å². The monoisotopic (exact) mass is 328 g/mol. The predicted octanol–water partition coefficient (Wildman–Crippen LogP) is 4.13. The van der Waals surface area contributed by atoms with E-state index in [2.05, 4.69) is 6.92 Å². The first-order chi connectivity index (χ1) is 11.1. The first-order valence-electron chi connectivity index (χ1n) is 7.38. The zero-order chi connectivity index (χ0) is 16.4. The number of nitro groups is 1. The number of carbonyl (C=O) groups is 1. The minimum absolute atomic E-state index is 0.0679. The highest BCUT2D eigenvalue weighted by molar-refractivity contribution is 8.00. The summed E-state index contributed by atoms with van der Waals surface area (Å²) in [5.74, 6) is -0.198. The molecule has 118 valence electrons. The number of benzene rings is 2. The molecule has 1 amide bonds. The van der Waals surface area contributed by atoms with Crippen molar-refractivity contribution in [2.75, 3.05) is 11.4 Å². The molecule has 0 saturated heterocycles. The van der Waals surface area contributed by atoms with E-state index in [0.29, 0.717) is 17.4 Å². The average Bonchev–Trinajstić information content (AvgIpc) is 2.72. The molecular formula is C17H16N2O3S. The quantitative estimate of drug-likeness (QED) is 0.614. The summed E-state index contributed by atoms with van der Waals surface area (Å²) in [5.41, 5.74) is 1.15. The zero-order valence-corrected chi connectivity index (χ0v) is 13.5. The lowest BCUT2D eigenvalue weighted by Crippen LogP contribution is -2.32.